The lowest BCUT2D eigenvalue weighted by Crippen LogP contribution is -2.48. The molecule has 1 aliphatic heterocycles. The molecule has 0 aliphatic carbocycles. The molecule has 2 rings (SSSR count). The van der Waals surface area contributed by atoms with Crippen molar-refractivity contribution in [3.8, 4) is 0 Å². The number of carbonyl (C=O) groups excluding carboxylic acids is 2. The minimum atomic E-state index is -0.574. The lowest BCUT2D eigenvalue weighted by Gasteiger charge is -2.35. The van der Waals surface area contributed by atoms with Crippen LogP contribution in [-0.2, 0) is 22.4 Å². The Morgan fingerprint density at radius 3 is 2.46 bits per heavy atom. The molecule has 0 aromatic heterocycles. The third-order valence-electron chi connectivity index (χ3n) is 4.78. The summed E-state index contributed by atoms with van der Waals surface area (Å²) >= 11 is 0. The number of carbonyl (C=O) groups is 2. The average molecular weight is 332 g/mol. The number of benzene rings is 1. The molecule has 132 valence electrons. The summed E-state index contributed by atoms with van der Waals surface area (Å²) in [4.78, 5) is 26.8. The number of nitrogens with zero attached hydrogens (tertiary/aromatic N) is 1. The summed E-state index contributed by atoms with van der Waals surface area (Å²) in [6.07, 6.45) is 4.93. The van der Waals surface area contributed by atoms with Crippen LogP contribution in [0.5, 0.6) is 0 Å². The Hall–Kier alpha value is -1.88. The van der Waals surface area contributed by atoms with Crippen LogP contribution in [0.25, 0.3) is 0 Å². The van der Waals surface area contributed by atoms with Crippen molar-refractivity contribution in [2.45, 2.75) is 58.4 Å². The van der Waals surface area contributed by atoms with E-state index in [0.29, 0.717) is 13.0 Å². The van der Waals surface area contributed by atoms with Gasteiger partial charge in [0.25, 0.3) is 0 Å². The minimum absolute atomic E-state index is 0.0333. The van der Waals surface area contributed by atoms with Crippen LogP contribution in [0.3, 0.4) is 0 Å². The van der Waals surface area contributed by atoms with E-state index < -0.39 is 11.8 Å². The summed E-state index contributed by atoms with van der Waals surface area (Å²) in [6.45, 7) is 4.70. The van der Waals surface area contributed by atoms with Crippen LogP contribution in [-0.4, -0.2) is 41.0 Å². The van der Waals surface area contributed by atoms with E-state index >= 15 is 0 Å². The van der Waals surface area contributed by atoms with Gasteiger partial charge < -0.3 is 15.3 Å². The number of rotatable bonds is 5. The largest absolute Gasteiger partial charge is 0.396 e. The Morgan fingerprint density at radius 1 is 1.21 bits per heavy atom. The van der Waals surface area contributed by atoms with Crippen molar-refractivity contribution in [1.29, 1.82) is 0 Å². The van der Waals surface area contributed by atoms with E-state index in [9.17, 15) is 14.7 Å². The number of aliphatic hydroxyl groups is 1. The molecule has 0 bridgehead atoms. The van der Waals surface area contributed by atoms with Gasteiger partial charge in [0.15, 0.2) is 0 Å². The number of hydrogen-bond acceptors (Lipinski definition) is 3. The predicted octanol–water partition coefficient (Wildman–Crippen LogP) is 2.51. The molecule has 5 heteroatoms. The summed E-state index contributed by atoms with van der Waals surface area (Å²) in [7, 11) is 0. The number of aryl methyl sites for hydroxylation is 2. The van der Waals surface area contributed by atoms with Crippen molar-refractivity contribution in [1.82, 2.24) is 4.90 Å². The molecule has 0 radical (unpaired) electrons. The standard InChI is InChI=1S/C19H28N2O3/c1-3-14-8-7-9-15(4-2)17(14)20-18(23)19(24)21-12-6-5-10-16(21)11-13-22/h7-9,16,22H,3-6,10-13H2,1-2H3,(H,20,23). The zero-order valence-corrected chi connectivity index (χ0v) is 14.7. The van der Waals surface area contributed by atoms with Crippen LogP contribution >= 0.6 is 0 Å². The van der Waals surface area contributed by atoms with E-state index in [-0.39, 0.29) is 12.6 Å². The number of aliphatic hydroxyl groups excluding tert-OH is 1. The number of likely N-dealkylation sites (tertiary alicyclic amines) is 1. The van der Waals surface area contributed by atoms with E-state index in [4.69, 9.17) is 0 Å². The van der Waals surface area contributed by atoms with Crippen LogP contribution in [0.4, 0.5) is 5.69 Å². The first-order chi connectivity index (χ1) is 11.6. The molecule has 5 nitrogen and oxygen atoms in total. The van der Waals surface area contributed by atoms with Crippen molar-refractivity contribution < 1.29 is 14.7 Å². The molecule has 2 N–H and O–H groups in total. The fourth-order valence-corrected chi connectivity index (χ4v) is 3.42. The number of anilines is 1. The lowest BCUT2D eigenvalue weighted by atomic mass is 9.99. The molecule has 1 atom stereocenters. The van der Waals surface area contributed by atoms with Crippen LogP contribution in [0.2, 0.25) is 0 Å². The highest BCUT2D eigenvalue weighted by molar-refractivity contribution is 6.39. The van der Waals surface area contributed by atoms with Crippen molar-refractivity contribution >= 4 is 17.5 Å². The van der Waals surface area contributed by atoms with Gasteiger partial charge >= 0.3 is 11.8 Å². The first-order valence-electron chi connectivity index (χ1n) is 8.95. The molecule has 0 saturated carbocycles. The number of hydrogen-bond donors (Lipinski definition) is 2. The number of amides is 2. The Kier molecular flexibility index (Phi) is 6.79. The van der Waals surface area contributed by atoms with Crippen LogP contribution in [0.15, 0.2) is 18.2 Å². The topological polar surface area (TPSA) is 69.6 Å². The maximum atomic E-state index is 12.6. The zero-order chi connectivity index (χ0) is 17.5. The van der Waals surface area contributed by atoms with Gasteiger partial charge in [0.2, 0.25) is 0 Å². The Balaban J connectivity index is 2.15. The Bertz CT molecular complexity index is 562. The molecule has 1 aromatic rings. The van der Waals surface area contributed by atoms with Gasteiger partial charge in [-0.15, -0.1) is 0 Å². The van der Waals surface area contributed by atoms with Crippen LogP contribution in [0, 0.1) is 0 Å². The van der Waals surface area contributed by atoms with Gasteiger partial charge in [0.1, 0.15) is 0 Å². The average Bonchev–Trinajstić information content (AvgIpc) is 2.62. The Morgan fingerprint density at radius 2 is 1.88 bits per heavy atom. The monoisotopic (exact) mass is 332 g/mol. The molecular formula is C19H28N2O3. The van der Waals surface area contributed by atoms with E-state index in [1.54, 1.807) is 4.90 Å². The molecule has 24 heavy (non-hydrogen) atoms. The van der Waals surface area contributed by atoms with Gasteiger partial charge in [-0.05, 0) is 49.7 Å². The molecule has 1 unspecified atom stereocenters. The van der Waals surface area contributed by atoms with Crippen molar-refractivity contribution in [3.63, 3.8) is 0 Å². The number of para-hydroxylation sites is 1. The lowest BCUT2D eigenvalue weighted by molar-refractivity contribution is -0.146. The second-order valence-electron chi connectivity index (χ2n) is 6.27. The van der Waals surface area contributed by atoms with Crippen molar-refractivity contribution in [2.24, 2.45) is 0 Å². The molecule has 2 amide bonds. The zero-order valence-electron chi connectivity index (χ0n) is 14.7. The smallest absolute Gasteiger partial charge is 0.313 e. The molecule has 1 saturated heterocycles. The molecule has 1 aromatic carbocycles. The van der Waals surface area contributed by atoms with Crippen LogP contribution < -0.4 is 5.32 Å². The van der Waals surface area contributed by atoms with Crippen LogP contribution in [0.1, 0.15) is 50.7 Å². The molecule has 1 heterocycles. The fraction of sp³-hybridized carbons (Fsp3) is 0.579. The van der Waals surface area contributed by atoms with Gasteiger partial charge in [-0.1, -0.05) is 32.0 Å². The first kappa shape index (κ1) is 18.5. The highest BCUT2D eigenvalue weighted by Gasteiger charge is 2.30. The molecular weight excluding hydrogens is 304 g/mol. The fourth-order valence-electron chi connectivity index (χ4n) is 3.42. The highest BCUT2D eigenvalue weighted by atomic mass is 16.3. The molecule has 0 spiro atoms. The SMILES string of the molecule is CCc1cccc(CC)c1NC(=O)C(=O)N1CCCCC1CCO. The maximum absolute atomic E-state index is 12.6. The van der Waals surface area contributed by atoms with E-state index in [1.165, 1.54) is 0 Å². The molecule has 1 fully saturated rings. The van der Waals surface area contributed by atoms with E-state index in [2.05, 4.69) is 5.32 Å². The number of nitrogens with one attached hydrogen (secondary N) is 1. The van der Waals surface area contributed by atoms with Crippen molar-refractivity contribution in [2.75, 3.05) is 18.5 Å². The van der Waals surface area contributed by atoms with Gasteiger partial charge in [0, 0.05) is 24.9 Å². The van der Waals surface area contributed by atoms with Gasteiger partial charge in [-0.3, -0.25) is 9.59 Å². The van der Waals surface area contributed by atoms with E-state index in [0.717, 1.165) is 48.9 Å². The third-order valence-corrected chi connectivity index (χ3v) is 4.78. The minimum Gasteiger partial charge on any atom is -0.396 e. The second kappa shape index (κ2) is 8.83. The van der Waals surface area contributed by atoms with Gasteiger partial charge in [0.05, 0.1) is 0 Å². The highest BCUT2D eigenvalue weighted by Crippen LogP contribution is 2.24. The summed E-state index contributed by atoms with van der Waals surface area (Å²) in [6, 6.07) is 5.91. The van der Waals surface area contributed by atoms with Crippen molar-refractivity contribution in [3.05, 3.63) is 29.3 Å². The number of piperidine rings is 1. The molecule has 1 aliphatic rings. The predicted molar refractivity (Wildman–Crippen MR) is 94.9 cm³/mol. The Labute approximate surface area is 144 Å². The summed E-state index contributed by atoms with van der Waals surface area (Å²) in [5, 5.41) is 12.0. The summed E-state index contributed by atoms with van der Waals surface area (Å²) < 4.78 is 0. The van der Waals surface area contributed by atoms with E-state index in [1.807, 2.05) is 32.0 Å². The quantitative estimate of drug-likeness (QED) is 0.814. The van der Waals surface area contributed by atoms with Gasteiger partial charge in [-0.2, -0.15) is 0 Å². The second-order valence-corrected chi connectivity index (χ2v) is 6.27. The maximum Gasteiger partial charge on any atom is 0.313 e. The normalized spacial score (nSPS) is 17.6. The first-order valence-corrected chi connectivity index (χ1v) is 8.95. The van der Waals surface area contributed by atoms with Gasteiger partial charge in [-0.25, -0.2) is 0 Å². The third kappa shape index (κ3) is 4.15. The summed E-state index contributed by atoms with van der Waals surface area (Å²) in [5.41, 5.74) is 2.86. The summed E-state index contributed by atoms with van der Waals surface area (Å²) in [5.74, 6) is -1.06.